The third-order valence-electron chi connectivity index (χ3n) is 3.58. The fourth-order valence-electron chi connectivity index (χ4n) is 2.54. The molecule has 0 aliphatic heterocycles. The van der Waals surface area contributed by atoms with Gasteiger partial charge in [0.15, 0.2) is 0 Å². The number of nitrogens with zero attached hydrogens (tertiary/aromatic N) is 4. The molecule has 0 bridgehead atoms. The Hall–Kier alpha value is -2.14. The first kappa shape index (κ1) is 12.9. The maximum atomic E-state index is 5.70. The Balaban J connectivity index is 1.92. The first-order valence-corrected chi connectivity index (χ1v) is 6.90. The van der Waals surface area contributed by atoms with Crippen LogP contribution in [0.3, 0.4) is 0 Å². The van der Waals surface area contributed by atoms with Gasteiger partial charge >= 0.3 is 0 Å². The molecule has 104 valence electrons. The Labute approximate surface area is 118 Å². The van der Waals surface area contributed by atoms with Gasteiger partial charge < -0.3 is 14.9 Å². The maximum absolute atomic E-state index is 5.70. The van der Waals surface area contributed by atoms with E-state index in [1.165, 1.54) is 5.52 Å². The molecule has 1 aromatic carbocycles. The van der Waals surface area contributed by atoms with Crippen LogP contribution in [0.25, 0.3) is 11.0 Å². The summed E-state index contributed by atoms with van der Waals surface area (Å²) in [6, 6.07) is 8.23. The summed E-state index contributed by atoms with van der Waals surface area (Å²) < 4.78 is 4.32. The van der Waals surface area contributed by atoms with Gasteiger partial charge in [0.1, 0.15) is 11.6 Å². The second-order valence-electron chi connectivity index (χ2n) is 4.91. The van der Waals surface area contributed by atoms with E-state index in [1.807, 2.05) is 37.6 Å². The van der Waals surface area contributed by atoms with E-state index in [1.54, 1.807) is 0 Å². The molecule has 20 heavy (non-hydrogen) atoms. The van der Waals surface area contributed by atoms with Crippen molar-refractivity contribution < 1.29 is 0 Å². The van der Waals surface area contributed by atoms with Crippen LogP contribution in [0.4, 0.5) is 0 Å². The van der Waals surface area contributed by atoms with E-state index < -0.39 is 0 Å². The average Bonchev–Trinajstić information content (AvgIpc) is 3.01. The number of aryl methyl sites for hydroxylation is 3. The molecule has 0 radical (unpaired) electrons. The summed E-state index contributed by atoms with van der Waals surface area (Å²) in [5.41, 5.74) is 7.91. The first-order valence-electron chi connectivity index (χ1n) is 6.90. The van der Waals surface area contributed by atoms with E-state index in [0.29, 0.717) is 6.54 Å². The first-order chi connectivity index (χ1) is 9.79. The van der Waals surface area contributed by atoms with E-state index in [-0.39, 0.29) is 0 Å². The number of imidazole rings is 2. The SMILES string of the molecule is Cn1ccnc1CCn1c(CCN)nc2ccccc21. The lowest BCUT2D eigenvalue weighted by atomic mass is 10.3. The molecule has 3 rings (SSSR count). The van der Waals surface area contributed by atoms with Crippen LogP contribution in [0, 0.1) is 0 Å². The molecule has 2 aromatic heterocycles. The fraction of sp³-hybridized carbons (Fsp3) is 0.333. The van der Waals surface area contributed by atoms with Gasteiger partial charge in [-0.25, -0.2) is 9.97 Å². The topological polar surface area (TPSA) is 61.7 Å². The number of hydrogen-bond donors (Lipinski definition) is 1. The van der Waals surface area contributed by atoms with Gasteiger partial charge in [-0.3, -0.25) is 0 Å². The molecule has 0 aliphatic carbocycles. The zero-order valence-corrected chi connectivity index (χ0v) is 11.7. The van der Waals surface area contributed by atoms with E-state index in [2.05, 4.69) is 25.2 Å². The molecule has 5 nitrogen and oxygen atoms in total. The van der Waals surface area contributed by atoms with Crippen LogP contribution in [0.15, 0.2) is 36.7 Å². The van der Waals surface area contributed by atoms with Gasteiger partial charge in [-0.2, -0.15) is 0 Å². The quantitative estimate of drug-likeness (QED) is 0.764. The highest BCUT2D eigenvalue weighted by atomic mass is 15.1. The van der Waals surface area contributed by atoms with Crippen LogP contribution < -0.4 is 5.73 Å². The molecule has 3 aromatic rings. The smallest absolute Gasteiger partial charge is 0.111 e. The minimum atomic E-state index is 0.617. The summed E-state index contributed by atoms with van der Waals surface area (Å²) in [5, 5.41) is 0. The standard InChI is InChI=1S/C15H19N5/c1-19-11-9-17-14(19)7-10-20-13-5-3-2-4-12(13)18-15(20)6-8-16/h2-5,9,11H,6-8,10,16H2,1H3. The Morgan fingerprint density at radius 2 is 2.00 bits per heavy atom. The van der Waals surface area contributed by atoms with Crippen molar-refractivity contribution in [2.45, 2.75) is 19.4 Å². The number of para-hydroxylation sites is 2. The van der Waals surface area contributed by atoms with Crippen LogP contribution in [0.2, 0.25) is 0 Å². The number of hydrogen-bond acceptors (Lipinski definition) is 3. The van der Waals surface area contributed by atoms with Crippen LogP contribution in [-0.2, 0) is 26.4 Å². The lowest BCUT2D eigenvalue weighted by molar-refractivity contribution is 0.632. The van der Waals surface area contributed by atoms with Crippen LogP contribution in [0.5, 0.6) is 0 Å². The van der Waals surface area contributed by atoms with Crippen molar-refractivity contribution in [1.29, 1.82) is 0 Å². The van der Waals surface area contributed by atoms with Gasteiger partial charge in [-0.15, -0.1) is 0 Å². The summed E-state index contributed by atoms with van der Waals surface area (Å²) in [6.07, 6.45) is 5.50. The predicted molar refractivity (Wildman–Crippen MR) is 79.4 cm³/mol. The van der Waals surface area contributed by atoms with Crippen molar-refractivity contribution in [1.82, 2.24) is 19.1 Å². The molecular weight excluding hydrogens is 250 g/mol. The number of aromatic nitrogens is 4. The van der Waals surface area contributed by atoms with E-state index in [9.17, 15) is 0 Å². The summed E-state index contributed by atoms with van der Waals surface area (Å²) in [6.45, 7) is 1.49. The monoisotopic (exact) mass is 269 g/mol. The Kier molecular flexibility index (Phi) is 3.52. The summed E-state index contributed by atoms with van der Waals surface area (Å²) in [4.78, 5) is 9.06. The van der Waals surface area contributed by atoms with Gasteiger partial charge in [0.25, 0.3) is 0 Å². The van der Waals surface area contributed by atoms with Crippen molar-refractivity contribution in [2.24, 2.45) is 12.8 Å². The van der Waals surface area contributed by atoms with E-state index in [0.717, 1.165) is 36.6 Å². The minimum absolute atomic E-state index is 0.617. The highest BCUT2D eigenvalue weighted by Crippen LogP contribution is 2.17. The predicted octanol–water partition coefficient (Wildman–Crippen LogP) is 1.51. The van der Waals surface area contributed by atoms with Crippen molar-refractivity contribution in [3.8, 4) is 0 Å². The number of fused-ring (bicyclic) bond motifs is 1. The average molecular weight is 269 g/mol. The minimum Gasteiger partial charge on any atom is -0.338 e. The molecule has 2 N–H and O–H groups in total. The maximum Gasteiger partial charge on any atom is 0.111 e. The molecule has 0 unspecified atom stereocenters. The fourth-order valence-corrected chi connectivity index (χ4v) is 2.54. The zero-order chi connectivity index (χ0) is 13.9. The van der Waals surface area contributed by atoms with Crippen LogP contribution >= 0.6 is 0 Å². The summed E-state index contributed by atoms with van der Waals surface area (Å²) in [7, 11) is 2.02. The number of benzene rings is 1. The molecule has 0 aliphatic rings. The third kappa shape index (κ3) is 2.32. The molecule has 0 atom stereocenters. The molecule has 5 heteroatoms. The Morgan fingerprint density at radius 1 is 1.15 bits per heavy atom. The highest BCUT2D eigenvalue weighted by molar-refractivity contribution is 5.75. The number of rotatable bonds is 5. The summed E-state index contributed by atoms with van der Waals surface area (Å²) >= 11 is 0. The van der Waals surface area contributed by atoms with Crippen molar-refractivity contribution in [3.05, 3.63) is 48.3 Å². The lowest BCUT2D eigenvalue weighted by Gasteiger charge is -2.08. The van der Waals surface area contributed by atoms with Gasteiger partial charge in [-0.1, -0.05) is 12.1 Å². The van der Waals surface area contributed by atoms with E-state index >= 15 is 0 Å². The van der Waals surface area contributed by atoms with Crippen molar-refractivity contribution >= 4 is 11.0 Å². The largest absolute Gasteiger partial charge is 0.338 e. The van der Waals surface area contributed by atoms with Crippen LogP contribution in [-0.4, -0.2) is 25.6 Å². The Bertz CT molecular complexity index is 710. The van der Waals surface area contributed by atoms with Crippen molar-refractivity contribution in [3.63, 3.8) is 0 Å². The van der Waals surface area contributed by atoms with Crippen molar-refractivity contribution in [2.75, 3.05) is 6.54 Å². The normalized spacial score (nSPS) is 11.3. The second kappa shape index (κ2) is 5.46. The summed E-state index contributed by atoms with van der Waals surface area (Å²) in [5.74, 6) is 2.14. The van der Waals surface area contributed by atoms with Gasteiger partial charge in [0, 0.05) is 38.8 Å². The third-order valence-corrected chi connectivity index (χ3v) is 3.58. The molecule has 0 saturated heterocycles. The molecule has 0 spiro atoms. The van der Waals surface area contributed by atoms with E-state index in [4.69, 9.17) is 5.73 Å². The van der Waals surface area contributed by atoms with Crippen LogP contribution in [0.1, 0.15) is 11.6 Å². The van der Waals surface area contributed by atoms with Gasteiger partial charge in [0.2, 0.25) is 0 Å². The lowest BCUT2D eigenvalue weighted by Crippen LogP contribution is -2.12. The molecule has 2 heterocycles. The second-order valence-corrected chi connectivity index (χ2v) is 4.91. The molecule has 0 saturated carbocycles. The van der Waals surface area contributed by atoms with Gasteiger partial charge in [0.05, 0.1) is 11.0 Å². The highest BCUT2D eigenvalue weighted by Gasteiger charge is 2.10. The Morgan fingerprint density at radius 3 is 2.75 bits per heavy atom. The molecule has 0 fully saturated rings. The zero-order valence-electron chi connectivity index (χ0n) is 11.7. The molecule has 0 amide bonds. The molecular formula is C15H19N5. The van der Waals surface area contributed by atoms with Gasteiger partial charge in [-0.05, 0) is 18.7 Å². The number of nitrogens with two attached hydrogens (primary N) is 1.